The van der Waals surface area contributed by atoms with Crippen molar-refractivity contribution in [1.82, 2.24) is 20.1 Å². The minimum atomic E-state index is -4.48. The van der Waals surface area contributed by atoms with Crippen LogP contribution in [0.3, 0.4) is 0 Å². The molecule has 2 heterocycles. The van der Waals surface area contributed by atoms with Gasteiger partial charge in [-0.25, -0.2) is 4.98 Å². The maximum atomic E-state index is 13.1. The van der Waals surface area contributed by atoms with E-state index in [1.807, 2.05) is 12.1 Å². The van der Waals surface area contributed by atoms with Crippen molar-refractivity contribution < 1.29 is 22.7 Å². The van der Waals surface area contributed by atoms with Crippen LogP contribution in [0.1, 0.15) is 15.9 Å². The number of fused-ring (bicyclic) bond motifs is 1. The number of hydrogen-bond donors (Lipinski definition) is 1. The quantitative estimate of drug-likeness (QED) is 0.484. The molecule has 32 heavy (non-hydrogen) atoms. The first-order valence-corrected chi connectivity index (χ1v) is 9.61. The van der Waals surface area contributed by atoms with Gasteiger partial charge in [-0.15, -0.1) is 0 Å². The van der Waals surface area contributed by atoms with Crippen molar-refractivity contribution in [2.45, 2.75) is 6.18 Å². The average molecular weight is 440 g/mol. The minimum absolute atomic E-state index is 0.0642. The number of hydrogen-bond acceptors (Lipinski definition) is 4. The van der Waals surface area contributed by atoms with E-state index in [-0.39, 0.29) is 11.7 Å². The molecule has 164 valence electrons. The number of pyridine rings is 1. The molecule has 0 saturated heterocycles. The number of nitrogens with zero attached hydrogens (tertiary/aromatic N) is 3. The van der Waals surface area contributed by atoms with Gasteiger partial charge in [-0.2, -0.15) is 18.3 Å². The lowest BCUT2D eigenvalue weighted by molar-refractivity contribution is -0.137. The highest BCUT2D eigenvalue weighted by Gasteiger charge is 2.31. The van der Waals surface area contributed by atoms with Gasteiger partial charge in [0.1, 0.15) is 5.75 Å². The third kappa shape index (κ3) is 3.89. The van der Waals surface area contributed by atoms with Gasteiger partial charge in [-0.3, -0.25) is 9.89 Å². The molecule has 0 aliphatic heterocycles. The maximum absolute atomic E-state index is 13.1. The van der Waals surface area contributed by atoms with Crippen molar-refractivity contribution in [3.05, 3.63) is 65.9 Å². The molecule has 0 spiro atoms. The molecular weight excluding hydrogens is 421 g/mol. The molecule has 0 radical (unpaired) electrons. The first kappa shape index (κ1) is 21.4. The molecule has 2 aromatic carbocycles. The fourth-order valence-electron chi connectivity index (χ4n) is 3.43. The van der Waals surface area contributed by atoms with Crippen LogP contribution in [0.25, 0.3) is 33.4 Å². The summed E-state index contributed by atoms with van der Waals surface area (Å²) in [5.74, 6) is -0.0614. The number of carbonyl (C=O) groups excluding carboxylic acids is 1. The van der Waals surface area contributed by atoms with Crippen LogP contribution in [-0.4, -0.2) is 47.2 Å². The van der Waals surface area contributed by atoms with Crippen LogP contribution in [0.2, 0.25) is 0 Å². The number of methoxy groups -OCH3 is 1. The van der Waals surface area contributed by atoms with Crippen LogP contribution < -0.4 is 4.74 Å². The molecule has 0 atom stereocenters. The largest absolute Gasteiger partial charge is 0.496 e. The zero-order valence-electron chi connectivity index (χ0n) is 17.5. The first-order chi connectivity index (χ1) is 15.2. The molecule has 6 nitrogen and oxygen atoms in total. The summed E-state index contributed by atoms with van der Waals surface area (Å²) in [7, 11) is 4.67. The van der Waals surface area contributed by atoms with E-state index in [1.165, 1.54) is 18.1 Å². The maximum Gasteiger partial charge on any atom is 0.416 e. The van der Waals surface area contributed by atoms with Gasteiger partial charge >= 0.3 is 6.18 Å². The van der Waals surface area contributed by atoms with E-state index in [9.17, 15) is 18.0 Å². The molecule has 1 amide bonds. The highest BCUT2D eigenvalue weighted by molar-refractivity contribution is 5.97. The standard InChI is InChI=1S/C23H19F3N4O2/c1-30(2)22(31)14-6-4-5-13(9-14)15-10-18-20(28-29-21(18)27-12-15)17-8-7-16(23(24,25)26)11-19(17)32-3/h4-12H,1-3H3,(H,27,28,29). The zero-order valence-corrected chi connectivity index (χ0v) is 17.5. The number of nitrogens with one attached hydrogen (secondary N) is 1. The minimum Gasteiger partial charge on any atom is -0.496 e. The Bertz CT molecular complexity index is 1310. The number of carbonyl (C=O) groups is 1. The van der Waals surface area contributed by atoms with Crippen LogP contribution in [-0.2, 0) is 6.18 Å². The Morgan fingerprint density at radius 1 is 1.06 bits per heavy atom. The van der Waals surface area contributed by atoms with Gasteiger partial charge in [0.25, 0.3) is 5.91 Å². The number of benzene rings is 2. The Kier molecular flexibility index (Phi) is 5.33. The molecule has 0 bridgehead atoms. The zero-order chi connectivity index (χ0) is 23.0. The smallest absolute Gasteiger partial charge is 0.416 e. The number of halogens is 3. The van der Waals surface area contributed by atoms with E-state index in [0.29, 0.717) is 27.9 Å². The van der Waals surface area contributed by atoms with E-state index in [2.05, 4.69) is 15.2 Å². The molecule has 1 N–H and O–H groups in total. The number of aromatic nitrogens is 3. The molecule has 0 saturated carbocycles. The van der Waals surface area contributed by atoms with Gasteiger partial charge in [-0.1, -0.05) is 12.1 Å². The second-order valence-electron chi connectivity index (χ2n) is 7.39. The van der Waals surface area contributed by atoms with Crippen LogP contribution in [0, 0.1) is 0 Å². The summed E-state index contributed by atoms with van der Waals surface area (Å²) in [6, 6.07) is 12.3. The summed E-state index contributed by atoms with van der Waals surface area (Å²) in [5, 5.41) is 7.64. The number of ether oxygens (including phenoxy) is 1. The predicted molar refractivity (Wildman–Crippen MR) is 114 cm³/mol. The third-order valence-corrected chi connectivity index (χ3v) is 5.06. The Morgan fingerprint density at radius 3 is 2.53 bits per heavy atom. The van der Waals surface area contributed by atoms with Crippen molar-refractivity contribution in [3.63, 3.8) is 0 Å². The Morgan fingerprint density at radius 2 is 1.84 bits per heavy atom. The topological polar surface area (TPSA) is 71.1 Å². The molecule has 0 aliphatic rings. The van der Waals surface area contributed by atoms with E-state index in [0.717, 1.165) is 23.3 Å². The Hall–Kier alpha value is -3.88. The van der Waals surface area contributed by atoms with E-state index < -0.39 is 11.7 Å². The van der Waals surface area contributed by atoms with Gasteiger partial charge in [0.05, 0.1) is 18.4 Å². The van der Waals surface area contributed by atoms with Gasteiger partial charge in [0.2, 0.25) is 0 Å². The number of rotatable bonds is 4. The van der Waals surface area contributed by atoms with Crippen LogP contribution >= 0.6 is 0 Å². The summed E-state index contributed by atoms with van der Waals surface area (Å²) >= 11 is 0. The van der Waals surface area contributed by atoms with E-state index >= 15 is 0 Å². The molecule has 2 aromatic heterocycles. The first-order valence-electron chi connectivity index (χ1n) is 9.61. The third-order valence-electron chi connectivity index (χ3n) is 5.06. The lowest BCUT2D eigenvalue weighted by atomic mass is 10.0. The van der Waals surface area contributed by atoms with E-state index in [1.54, 1.807) is 38.5 Å². The average Bonchev–Trinajstić information content (AvgIpc) is 3.20. The van der Waals surface area contributed by atoms with Crippen LogP contribution in [0.5, 0.6) is 5.75 Å². The highest BCUT2D eigenvalue weighted by atomic mass is 19.4. The second-order valence-corrected chi connectivity index (χ2v) is 7.39. The van der Waals surface area contributed by atoms with Crippen molar-refractivity contribution in [2.24, 2.45) is 0 Å². The Labute approximate surface area is 181 Å². The molecule has 0 unspecified atom stereocenters. The fraction of sp³-hybridized carbons (Fsp3) is 0.174. The van der Waals surface area contributed by atoms with E-state index in [4.69, 9.17) is 4.74 Å². The normalized spacial score (nSPS) is 11.6. The summed E-state index contributed by atoms with van der Waals surface area (Å²) in [5.41, 5.74) is 2.57. The van der Waals surface area contributed by atoms with Crippen LogP contribution in [0.4, 0.5) is 13.2 Å². The van der Waals surface area contributed by atoms with Crippen molar-refractivity contribution in [2.75, 3.05) is 21.2 Å². The highest BCUT2D eigenvalue weighted by Crippen LogP contribution is 2.39. The van der Waals surface area contributed by atoms with Gasteiger partial charge < -0.3 is 9.64 Å². The summed E-state index contributed by atoms with van der Waals surface area (Å²) in [6.07, 6.45) is -2.85. The number of alkyl halides is 3. The lowest BCUT2D eigenvalue weighted by Crippen LogP contribution is -2.21. The molecular formula is C23H19F3N4O2. The number of amides is 1. The molecule has 4 rings (SSSR count). The van der Waals surface area contributed by atoms with Crippen LogP contribution in [0.15, 0.2) is 54.7 Å². The molecule has 9 heteroatoms. The SMILES string of the molecule is COc1cc(C(F)(F)F)ccc1-c1[nH]nc2ncc(-c3cccc(C(=O)N(C)C)c3)cc12. The molecule has 0 fully saturated rings. The Balaban J connectivity index is 1.82. The van der Waals surface area contributed by atoms with Crippen molar-refractivity contribution in [3.8, 4) is 28.1 Å². The van der Waals surface area contributed by atoms with Crippen molar-refractivity contribution >= 4 is 16.9 Å². The van der Waals surface area contributed by atoms with Gasteiger partial charge in [0, 0.05) is 42.4 Å². The summed E-state index contributed by atoms with van der Waals surface area (Å²) < 4.78 is 44.5. The lowest BCUT2D eigenvalue weighted by Gasteiger charge is -2.12. The molecule has 4 aromatic rings. The fourth-order valence-corrected chi connectivity index (χ4v) is 3.43. The number of aromatic amines is 1. The summed E-state index contributed by atoms with van der Waals surface area (Å²) in [4.78, 5) is 18.2. The predicted octanol–water partition coefficient (Wildman–Crippen LogP) is 5.02. The monoisotopic (exact) mass is 440 g/mol. The second kappa shape index (κ2) is 7.99. The molecule has 0 aliphatic carbocycles. The van der Waals surface area contributed by atoms with Gasteiger partial charge in [0.15, 0.2) is 5.65 Å². The summed E-state index contributed by atoms with van der Waals surface area (Å²) in [6.45, 7) is 0. The van der Waals surface area contributed by atoms with Crippen molar-refractivity contribution in [1.29, 1.82) is 0 Å². The number of H-pyrrole nitrogens is 1. The van der Waals surface area contributed by atoms with Gasteiger partial charge in [-0.05, 0) is 42.0 Å².